The zero-order chi connectivity index (χ0) is 13.1. The van der Waals surface area contributed by atoms with E-state index in [9.17, 15) is 4.79 Å². The summed E-state index contributed by atoms with van der Waals surface area (Å²) in [7, 11) is 1.99. The number of nitrogens with one attached hydrogen (secondary N) is 1. The second-order valence-corrected chi connectivity index (χ2v) is 5.78. The maximum Gasteiger partial charge on any atom is 0.410 e. The van der Waals surface area contributed by atoms with Gasteiger partial charge in [-0.3, -0.25) is 0 Å². The van der Waals surface area contributed by atoms with Gasteiger partial charge in [-0.05, 0) is 46.6 Å². The van der Waals surface area contributed by atoms with Gasteiger partial charge >= 0.3 is 6.09 Å². The molecule has 1 aliphatic rings. The summed E-state index contributed by atoms with van der Waals surface area (Å²) in [6.45, 7) is 9.52. The molecule has 4 nitrogen and oxygen atoms in total. The Kier molecular flexibility index (Phi) is 4.80. The standard InChI is InChI=1S/C13H26N2O2/c1-6-11(14-5)10-7-8-15(9-10)12(16)17-13(2,3)4/h10-11,14H,6-9H2,1-5H3. The predicted octanol–water partition coefficient (Wildman–Crippen LogP) is 2.24. The second kappa shape index (κ2) is 5.71. The molecule has 1 N–H and O–H groups in total. The molecule has 0 saturated carbocycles. The first-order valence-corrected chi connectivity index (χ1v) is 6.52. The van der Waals surface area contributed by atoms with E-state index in [0.29, 0.717) is 12.0 Å². The predicted molar refractivity (Wildman–Crippen MR) is 69.1 cm³/mol. The lowest BCUT2D eigenvalue weighted by atomic mass is 9.97. The molecule has 0 aliphatic carbocycles. The van der Waals surface area contributed by atoms with Gasteiger partial charge in [-0.1, -0.05) is 6.92 Å². The molecule has 1 fully saturated rings. The van der Waals surface area contributed by atoms with Gasteiger partial charge in [0, 0.05) is 19.1 Å². The van der Waals surface area contributed by atoms with E-state index in [2.05, 4.69) is 12.2 Å². The van der Waals surface area contributed by atoms with Crippen LogP contribution in [0.1, 0.15) is 40.5 Å². The minimum absolute atomic E-state index is 0.175. The van der Waals surface area contributed by atoms with Gasteiger partial charge in [-0.15, -0.1) is 0 Å². The fourth-order valence-corrected chi connectivity index (χ4v) is 2.38. The monoisotopic (exact) mass is 242 g/mol. The third-order valence-corrected chi connectivity index (χ3v) is 3.26. The molecule has 1 rings (SSSR count). The van der Waals surface area contributed by atoms with E-state index in [1.165, 1.54) is 0 Å². The highest BCUT2D eigenvalue weighted by molar-refractivity contribution is 5.68. The molecule has 0 bridgehead atoms. The highest BCUT2D eigenvalue weighted by atomic mass is 16.6. The Hall–Kier alpha value is -0.770. The molecule has 0 aromatic rings. The number of hydrogen-bond donors (Lipinski definition) is 1. The first-order chi connectivity index (χ1) is 7.87. The van der Waals surface area contributed by atoms with Gasteiger partial charge in [0.05, 0.1) is 0 Å². The van der Waals surface area contributed by atoms with Crippen LogP contribution in [0.4, 0.5) is 4.79 Å². The largest absolute Gasteiger partial charge is 0.444 e. The Labute approximate surface area is 105 Å². The number of amides is 1. The van der Waals surface area contributed by atoms with Crippen molar-refractivity contribution in [2.24, 2.45) is 5.92 Å². The molecule has 17 heavy (non-hydrogen) atoms. The van der Waals surface area contributed by atoms with Crippen molar-refractivity contribution in [2.45, 2.75) is 52.2 Å². The molecule has 2 unspecified atom stereocenters. The molecule has 1 heterocycles. The van der Waals surface area contributed by atoms with Crippen LogP contribution >= 0.6 is 0 Å². The first-order valence-electron chi connectivity index (χ1n) is 6.52. The maximum absolute atomic E-state index is 11.9. The van der Waals surface area contributed by atoms with E-state index in [-0.39, 0.29) is 6.09 Å². The van der Waals surface area contributed by atoms with E-state index in [0.717, 1.165) is 25.9 Å². The lowest BCUT2D eigenvalue weighted by Gasteiger charge is -2.25. The molecule has 1 aliphatic heterocycles. The topological polar surface area (TPSA) is 41.6 Å². The Bertz CT molecular complexity index is 257. The second-order valence-electron chi connectivity index (χ2n) is 5.78. The normalized spacial score (nSPS) is 22.6. The van der Waals surface area contributed by atoms with Crippen LogP contribution in [0.3, 0.4) is 0 Å². The van der Waals surface area contributed by atoms with E-state index in [1.807, 2.05) is 32.7 Å². The van der Waals surface area contributed by atoms with Crippen molar-refractivity contribution in [3.8, 4) is 0 Å². The lowest BCUT2D eigenvalue weighted by molar-refractivity contribution is 0.0285. The zero-order valence-electron chi connectivity index (χ0n) is 11.7. The van der Waals surface area contributed by atoms with Crippen LogP contribution in [0.5, 0.6) is 0 Å². The van der Waals surface area contributed by atoms with Crippen LogP contribution in [-0.2, 0) is 4.74 Å². The highest BCUT2D eigenvalue weighted by Gasteiger charge is 2.32. The summed E-state index contributed by atoms with van der Waals surface area (Å²) in [4.78, 5) is 13.7. The van der Waals surface area contributed by atoms with E-state index in [4.69, 9.17) is 4.74 Å². The summed E-state index contributed by atoms with van der Waals surface area (Å²) in [6, 6.07) is 0.502. The Morgan fingerprint density at radius 2 is 2.18 bits per heavy atom. The number of nitrogens with zero attached hydrogens (tertiary/aromatic N) is 1. The van der Waals surface area contributed by atoms with Gasteiger partial charge in [-0.2, -0.15) is 0 Å². The van der Waals surface area contributed by atoms with Crippen molar-refractivity contribution in [2.75, 3.05) is 20.1 Å². The molecule has 1 amide bonds. The number of carbonyl (C=O) groups excluding carboxylic acids is 1. The average molecular weight is 242 g/mol. The maximum atomic E-state index is 11.9. The number of carbonyl (C=O) groups is 1. The van der Waals surface area contributed by atoms with E-state index >= 15 is 0 Å². The van der Waals surface area contributed by atoms with Gasteiger partial charge < -0.3 is 15.0 Å². The number of likely N-dealkylation sites (tertiary alicyclic amines) is 1. The smallest absolute Gasteiger partial charge is 0.410 e. The molecule has 0 aromatic carbocycles. The van der Waals surface area contributed by atoms with Crippen LogP contribution in [0, 0.1) is 5.92 Å². The van der Waals surface area contributed by atoms with Crippen LogP contribution in [0.2, 0.25) is 0 Å². The molecule has 4 heteroatoms. The lowest BCUT2D eigenvalue weighted by Crippen LogP contribution is -2.38. The molecule has 0 radical (unpaired) electrons. The number of rotatable bonds is 3. The van der Waals surface area contributed by atoms with Crippen LogP contribution < -0.4 is 5.32 Å². The highest BCUT2D eigenvalue weighted by Crippen LogP contribution is 2.23. The van der Waals surface area contributed by atoms with Gasteiger partial charge in [0.15, 0.2) is 0 Å². The average Bonchev–Trinajstić information content (AvgIpc) is 2.66. The third-order valence-electron chi connectivity index (χ3n) is 3.26. The number of hydrogen-bond acceptors (Lipinski definition) is 3. The van der Waals surface area contributed by atoms with Crippen molar-refractivity contribution < 1.29 is 9.53 Å². The molecular weight excluding hydrogens is 216 g/mol. The minimum Gasteiger partial charge on any atom is -0.444 e. The van der Waals surface area contributed by atoms with Crippen LogP contribution in [0.15, 0.2) is 0 Å². The van der Waals surface area contributed by atoms with Crippen molar-refractivity contribution >= 4 is 6.09 Å². The van der Waals surface area contributed by atoms with Crippen molar-refractivity contribution in [3.05, 3.63) is 0 Å². The fraction of sp³-hybridized carbons (Fsp3) is 0.923. The van der Waals surface area contributed by atoms with Crippen molar-refractivity contribution in [1.29, 1.82) is 0 Å². The Morgan fingerprint density at radius 1 is 1.53 bits per heavy atom. The SMILES string of the molecule is CCC(NC)C1CCN(C(=O)OC(C)(C)C)C1. The van der Waals surface area contributed by atoms with Gasteiger partial charge in [0.25, 0.3) is 0 Å². The summed E-state index contributed by atoms with van der Waals surface area (Å²) in [5, 5.41) is 3.32. The Morgan fingerprint density at radius 3 is 2.65 bits per heavy atom. The first kappa shape index (κ1) is 14.3. The van der Waals surface area contributed by atoms with E-state index < -0.39 is 5.60 Å². The molecule has 0 aromatic heterocycles. The molecule has 1 saturated heterocycles. The number of ether oxygens (including phenoxy) is 1. The van der Waals surface area contributed by atoms with Crippen molar-refractivity contribution in [1.82, 2.24) is 10.2 Å². The van der Waals surface area contributed by atoms with Gasteiger partial charge in [0.1, 0.15) is 5.60 Å². The van der Waals surface area contributed by atoms with Gasteiger partial charge in [-0.25, -0.2) is 4.79 Å². The minimum atomic E-state index is -0.400. The zero-order valence-corrected chi connectivity index (χ0v) is 11.7. The third kappa shape index (κ3) is 4.19. The molecular formula is C13H26N2O2. The summed E-state index contributed by atoms with van der Waals surface area (Å²) < 4.78 is 5.38. The molecule has 0 spiro atoms. The molecule has 2 atom stereocenters. The summed E-state index contributed by atoms with van der Waals surface area (Å²) in [5.74, 6) is 0.553. The summed E-state index contributed by atoms with van der Waals surface area (Å²) >= 11 is 0. The van der Waals surface area contributed by atoms with Crippen molar-refractivity contribution in [3.63, 3.8) is 0 Å². The fourth-order valence-electron chi connectivity index (χ4n) is 2.38. The summed E-state index contributed by atoms with van der Waals surface area (Å²) in [5.41, 5.74) is -0.400. The summed E-state index contributed by atoms with van der Waals surface area (Å²) in [6.07, 6.45) is 1.99. The quantitative estimate of drug-likeness (QED) is 0.825. The van der Waals surface area contributed by atoms with E-state index in [1.54, 1.807) is 0 Å². The Balaban J connectivity index is 2.47. The molecule has 100 valence electrons. The van der Waals surface area contributed by atoms with Crippen LogP contribution in [-0.4, -0.2) is 42.8 Å². The van der Waals surface area contributed by atoms with Gasteiger partial charge in [0.2, 0.25) is 0 Å². The van der Waals surface area contributed by atoms with Crippen LogP contribution in [0.25, 0.3) is 0 Å².